The molecule has 2 aromatic carbocycles. The molecule has 0 N–H and O–H groups in total. The maximum Gasteiger partial charge on any atom is 0.273 e. The van der Waals surface area contributed by atoms with Crippen LogP contribution < -0.4 is 4.74 Å². The van der Waals surface area contributed by atoms with Gasteiger partial charge in [0.15, 0.2) is 0 Å². The number of pyridine rings is 1. The number of ether oxygens (including phenoxy) is 1. The molecule has 3 heterocycles. The Morgan fingerprint density at radius 2 is 1.93 bits per heavy atom. The molecule has 1 fully saturated rings. The lowest BCUT2D eigenvalue weighted by atomic mass is 10.2. The SMILES string of the molecule is O=C(c1csc(-c2ccccc2)n1)N1CC[C@H](Oc2cccc3cccnc23)C1. The monoisotopic (exact) mass is 401 g/mol. The average molecular weight is 401 g/mol. The van der Waals surface area contributed by atoms with E-state index in [0.29, 0.717) is 18.8 Å². The number of rotatable bonds is 4. The summed E-state index contributed by atoms with van der Waals surface area (Å²) in [4.78, 5) is 23.7. The van der Waals surface area contributed by atoms with Gasteiger partial charge < -0.3 is 9.64 Å². The van der Waals surface area contributed by atoms with E-state index in [9.17, 15) is 4.79 Å². The molecular formula is C23H19N3O2S. The van der Waals surface area contributed by atoms with Crippen LogP contribution in [0.25, 0.3) is 21.5 Å². The predicted octanol–water partition coefficient (Wildman–Crippen LogP) is 4.65. The summed E-state index contributed by atoms with van der Waals surface area (Å²) in [5.41, 5.74) is 2.38. The second-order valence-corrected chi connectivity index (χ2v) is 7.87. The van der Waals surface area contributed by atoms with Crippen molar-refractivity contribution in [1.82, 2.24) is 14.9 Å². The van der Waals surface area contributed by atoms with Crippen molar-refractivity contribution in [2.45, 2.75) is 12.5 Å². The van der Waals surface area contributed by atoms with E-state index in [-0.39, 0.29) is 12.0 Å². The molecule has 1 amide bonds. The Kier molecular flexibility index (Phi) is 4.69. The second kappa shape index (κ2) is 7.64. The van der Waals surface area contributed by atoms with Crippen LogP contribution in [0.15, 0.2) is 72.2 Å². The maximum absolute atomic E-state index is 12.9. The van der Waals surface area contributed by atoms with Crippen LogP contribution in [-0.4, -0.2) is 40.0 Å². The molecule has 0 unspecified atom stereocenters. The molecule has 5 nitrogen and oxygen atoms in total. The smallest absolute Gasteiger partial charge is 0.273 e. The highest BCUT2D eigenvalue weighted by atomic mass is 32.1. The van der Waals surface area contributed by atoms with Crippen LogP contribution in [0.2, 0.25) is 0 Å². The third-order valence-electron chi connectivity index (χ3n) is 5.07. The van der Waals surface area contributed by atoms with Gasteiger partial charge in [-0.1, -0.05) is 48.5 Å². The lowest BCUT2D eigenvalue weighted by Gasteiger charge is -2.17. The number of carbonyl (C=O) groups excluding carboxylic acids is 1. The molecule has 1 aliphatic rings. The van der Waals surface area contributed by atoms with Gasteiger partial charge in [-0.3, -0.25) is 9.78 Å². The first-order chi connectivity index (χ1) is 14.3. The molecule has 0 bridgehead atoms. The topological polar surface area (TPSA) is 55.3 Å². The van der Waals surface area contributed by atoms with Crippen LogP contribution in [0.1, 0.15) is 16.9 Å². The Morgan fingerprint density at radius 1 is 1.07 bits per heavy atom. The zero-order valence-electron chi connectivity index (χ0n) is 15.7. The fourth-order valence-electron chi connectivity index (χ4n) is 3.61. The quantitative estimate of drug-likeness (QED) is 0.499. The highest BCUT2D eigenvalue weighted by Crippen LogP contribution is 2.28. The highest BCUT2D eigenvalue weighted by molar-refractivity contribution is 7.13. The van der Waals surface area contributed by atoms with Crippen molar-refractivity contribution in [1.29, 1.82) is 0 Å². The van der Waals surface area contributed by atoms with Gasteiger partial charge in [0, 0.05) is 35.5 Å². The summed E-state index contributed by atoms with van der Waals surface area (Å²) in [7, 11) is 0. The third-order valence-corrected chi connectivity index (χ3v) is 5.96. The first kappa shape index (κ1) is 17.8. The van der Waals surface area contributed by atoms with E-state index in [0.717, 1.165) is 33.6 Å². The lowest BCUT2D eigenvalue weighted by Crippen LogP contribution is -2.31. The largest absolute Gasteiger partial charge is 0.486 e. The molecule has 1 saturated heterocycles. The maximum atomic E-state index is 12.9. The standard InChI is InChI=1S/C23H19N3O2S/c27-23(19-15-29-22(25-19)17-6-2-1-3-7-17)26-13-11-18(14-26)28-20-10-4-8-16-9-5-12-24-21(16)20/h1-10,12,15,18H,11,13-14H2/t18-/m0/s1. The molecular weight excluding hydrogens is 382 g/mol. The van der Waals surface area contributed by atoms with E-state index in [4.69, 9.17) is 4.74 Å². The van der Waals surface area contributed by atoms with Gasteiger partial charge in [-0.2, -0.15) is 0 Å². The zero-order valence-corrected chi connectivity index (χ0v) is 16.5. The molecule has 1 aliphatic heterocycles. The second-order valence-electron chi connectivity index (χ2n) is 7.01. The summed E-state index contributed by atoms with van der Waals surface area (Å²) in [6, 6.07) is 19.8. The first-order valence-electron chi connectivity index (χ1n) is 9.58. The van der Waals surface area contributed by atoms with E-state index < -0.39 is 0 Å². The van der Waals surface area contributed by atoms with E-state index >= 15 is 0 Å². The number of thiazole rings is 1. The van der Waals surface area contributed by atoms with Crippen molar-refractivity contribution < 1.29 is 9.53 Å². The molecule has 0 spiro atoms. The summed E-state index contributed by atoms with van der Waals surface area (Å²) >= 11 is 1.50. The molecule has 6 heteroatoms. The number of hydrogen-bond donors (Lipinski definition) is 0. The predicted molar refractivity (Wildman–Crippen MR) is 114 cm³/mol. The normalized spacial score (nSPS) is 16.3. The van der Waals surface area contributed by atoms with E-state index in [2.05, 4.69) is 9.97 Å². The number of likely N-dealkylation sites (tertiary alicyclic amines) is 1. The van der Waals surface area contributed by atoms with Gasteiger partial charge in [-0.05, 0) is 12.1 Å². The van der Waals surface area contributed by atoms with Crippen molar-refractivity contribution in [3.63, 3.8) is 0 Å². The molecule has 0 radical (unpaired) electrons. The van der Waals surface area contributed by atoms with Crippen molar-refractivity contribution in [3.05, 3.63) is 77.9 Å². The number of fused-ring (bicyclic) bond motifs is 1. The Balaban J connectivity index is 1.28. The molecule has 4 aromatic rings. The molecule has 5 rings (SSSR count). The van der Waals surface area contributed by atoms with E-state index in [1.54, 1.807) is 6.20 Å². The number of hydrogen-bond acceptors (Lipinski definition) is 5. The van der Waals surface area contributed by atoms with Crippen molar-refractivity contribution in [2.24, 2.45) is 0 Å². The number of aromatic nitrogens is 2. The average Bonchev–Trinajstić information content (AvgIpc) is 3.44. The lowest BCUT2D eigenvalue weighted by molar-refractivity contribution is 0.0768. The molecule has 0 saturated carbocycles. The molecule has 0 aliphatic carbocycles. The van der Waals surface area contributed by atoms with Gasteiger partial charge in [0.2, 0.25) is 0 Å². The number of benzene rings is 2. The summed E-state index contributed by atoms with van der Waals surface area (Å²) in [5.74, 6) is 0.730. The summed E-state index contributed by atoms with van der Waals surface area (Å²) in [5, 5.41) is 3.75. The molecule has 1 atom stereocenters. The van der Waals surface area contributed by atoms with Crippen LogP contribution >= 0.6 is 11.3 Å². The highest BCUT2D eigenvalue weighted by Gasteiger charge is 2.30. The van der Waals surface area contributed by atoms with Gasteiger partial charge in [0.25, 0.3) is 5.91 Å². The van der Waals surface area contributed by atoms with Crippen LogP contribution in [0, 0.1) is 0 Å². The first-order valence-corrected chi connectivity index (χ1v) is 10.5. The number of para-hydroxylation sites is 1. The fourth-order valence-corrected chi connectivity index (χ4v) is 4.41. The van der Waals surface area contributed by atoms with Gasteiger partial charge in [0.1, 0.15) is 28.1 Å². The van der Waals surface area contributed by atoms with Crippen LogP contribution in [-0.2, 0) is 0 Å². The van der Waals surface area contributed by atoms with Crippen molar-refractivity contribution in [2.75, 3.05) is 13.1 Å². The van der Waals surface area contributed by atoms with Gasteiger partial charge >= 0.3 is 0 Å². The summed E-state index contributed by atoms with van der Waals surface area (Å²) < 4.78 is 6.21. The van der Waals surface area contributed by atoms with Gasteiger partial charge in [0.05, 0.1) is 6.54 Å². The fraction of sp³-hybridized carbons (Fsp3) is 0.174. The van der Waals surface area contributed by atoms with Crippen LogP contribution in [0.4, 0.5) is 0 Å². The Morgan fingerprint density at radius 3 is 2.83 bits per heavy atom. The van der Waals surface area contributed by atoms with E-state index in [1.165, 1.54) is 11.3 Å². The van der Waals surface area contributed by atoms with Crippen LogP contribution in [0.3, 0.4) is 0 Å². The van der Waals surface area contributed by atoms with Crippen LogP contribution in [0.5, 0.6) is 5.75 Å². The minimum absolute atomic E-state index is 0.0365. The Bertz CT molecular complexity index is 1150. The van der Waals surface area contributed by atoms with Gasteiger partial charge in [-0.15, -0.1) is 11.3 Å². The number of amides is 1. The van der Waals surface area contributed by atoms with Crippen molar-refractivity contribution >= 4 is 28.1 Å². The summed E-state index contributed by atoms with van der Waals surface area (Å²) in [6.07, 6.45) is 2.52. The third kappa shape index (κ3) is 3.59. The minimum Gasteiger partial charge on any atom is -0.486 e. The Hall–Kier alpha value is -3.25. The Labute approximate surface area is 172 Å². The van der Waals surface area contributed by atoms with E-state index in [1.807, 2.05) is 70.9 Å². The van der Waals surface area contributed by atoms with Crippen molar-refractivity contribution in [3.8, 4) is 16.3 Å². The zero-order chi connectivity index (χ0) is 19.6. The molecule has 29 heavy (non-hydrogen) atoms. The number of carbonyl (C=O) groups is 1. The summed E-state index contributed by atoms with van der Waals surface area (Å²) in [6.45, 7) is 1.22. The molecule has 144 valence electrons. The van der Waals surface area contributed by atoms with Gasteiger partial charge in [-0.25, -0.2) is 4.98 Å². The minimum atomic E-state index is -0.0428. The molecule has 2 aromatic heterocycles. The number of nitrogens with zero attached hydrogens (tertiary/aromatic N) is 3.